The van der Waals surface area contributed by atoms with Gasteiger partial charge in [-0.25, -0.2) is 0 Å². The molecular weight excluding hydrogens is 288 g/mol. The van der Waals surface area contributed by atoms with Gasteiger partial charge in [-0.3, -0.25) is 4.79 Å². The van der Waals surface area contributed by atoms with Crippen LogP contribution in [0.15, 0.2) is 42.5 Å². The molecule has 0 saturated heterocycles. The lowest BCUT2D eigenvalue weighted by molar-refractivity contribution is -0.114. The summed E-state index contributed by atoms with van der Waals surface area (Å²) in [4.78, 5) is 12.1. The number of hydrogen-bond acceptors (Lipinski definition) is 3. The number of carbonyl (C=O) groups is 1. The Morgan fingerprint density at radius 1 is 1.00 bits per heavy atom. The highest BCUT2D eigenvalue weighted by molar-refractivity contribution is 5.94. The van der Waals surface area contributed by atoms with Crippen LogP contribution < -0.4 is 15.4 Å². The summed E-state index contributed by atoms with van der Waals surface area (Å²) in [6.07, 6.45) is 1.88. The number of aryl methyl sites for hydroxylation is 2. The van der Waals surface area contributed by atoms with E-state index in [0.29, 0.717) is 0 Å². The van der Waals surface area contributed by atoms with Gasteiger partial charge in [0.05, 0.1) is 13.7 Å². The van der Waals surface area contributed by atoms with Gasteiger partial charge in [0.2, 0.25) is 5.91 Å². The Morgan fingerprint density at radius 3 is 2.13 bits per heavy atom. The van der Waals surface area contributed by atoms with Gasteiger partial charge in [-0.15, -0.1) is 0 Å². The van der Waals surface area contributed by atoms with Crippen molar-refractivity contribution < 1.29 is 9.53 Å². The number of benzene rings is 2. The van der Waals surface area contributed by atoms with Crippen molar-refractivity contribution in [1.29, 1.82) is 0 Å². The van der Waals surface area contributed by atoms with Crippen molar-refractivity contribution >= 4 is 17.3 Å². The number of carbonyl (C=O) groups excluding carboxylic acids is 1. The second-order valence-electron chi connectivity index (χ2n) is 5.29. The third kappa shape index (κ3) is 4.49. The molecule has 0 fully saturated rings. The van der Waals surface area contributed by atoms with Crippen LogP contribution in [-0.4, -0.2) is 19.6 Å². The van der Waals surface area contributed by atoms with Gasteiger partial charge in [-0.2, -0.15) is 0 Å². The summed E-state index contributed by atoms with van der Waals surface area (Å²) in [6, 6.07) is 13.6. The molecule has 0 saturated carbocycles. The lowest BCUT2D eigenvalue weighted by Gasteiger charge is -2.15. The third-order valence-corrected chi connectivity index (χ3v) is 3.80. The zero-order chi connectivity index (χ0) is 16.7. The summed E-state index contributed by atoms with van der Waals surface area (Å²) >= 11 is 0. The number of hydrogen-bond donors (Lipinski definition) is 2. The second kappa shape index (κ2) is 8.22. The van der Waals surface area contributed by atoms with E-state index < -0.39 is 0 Å². The molecule has 23 heavy (non-hydrogen) atoms. The number of anilines is 2. The van der Waals surface area contributed by atoms with Crippen molar-refractivity contribution in [3.8, 4) is 5.75 Å². The van der Waals surface area contributed by atoms with Gasteiger partial charge in [-0.05, 0) is 48.2 Å². The maximum Gasteiger partial charge on any atom is 0.243 e. The van der Waals surface area contributed by atoms with Gasteiger partial charge in [0.15, 0.2) is 0 Å². The van der Waals surface area contributed by atoms with Crippen LogP contribution in [0.3, 0.4) is 0 Å². The van der Waals surface area contributed by atoms with Crippen LogP contribution in [0.2, 0.25) is 0 Å². The van der Waals surface area contributed by atoms with Crippen molar-refractivity contribution in [1.82, 2.24) is 0 Å². The summed E-state index contributed by atoms with van der Waals surface area (Å²) in [7, 11) is 1.62. The Kier molecular flexibility index (Phi) is 6.03. The average molecular weight is 312 g/mol. The predicted molar refractivity (Wildman–Crippen MR) is 95.3 cm³/mol. The molecule has 0 aromatic heterocycles. The van der Waals surface area contributed by atoms with E-state index in [1.54, 1.807) is 7.11 Å². The fourth-order valence-electron chi connectivity index (χ4n) is 2.52. The van der Waals surface area contributed by atoms with Crippen LogP contribution in [0.5, 0.6) is 5.75 Å². The molecule has 2 aromatic carbocycles. The maximum atomic E-state index is 12.1. The highest BCUT2D eigenvalue weighted by Gasteiger charge is 2.08. The largest absolute Gasteiger partial charge is 0.497 e. The quantitative estimate of drug-likeness (QED) is 0.816. The molecule has 2 aromatic rings. The van der Waals surface area contributed by atoms with Crippen LogP contribution in [0.4, 0.5) is 11.4 Å². The van der Waals surface area contributed by atoms with Crippen LogP contribution in [0, 0.1) is 0 Å². The Labute approximate surface area is 137 Å². The van der Waals surface area contributed by atoms with Crippen molar-refractivity contribution in [3.63, 3.8) is 0 Å². The van der Waals surface area contributed by atoms with Gasteiger partial charge in [0, 0.05) is 11.4 Å². The molecule has 0 spiro atoms. The molecule has 4 heteroatoms. The van der Waals surface area contributed by atoms with Crippen molar-refractivity contribution in [3.05, 3.63) is 53.6 Å². The Balaban J connectivity index is 1.98. The van der Waals surface area contributed by atoms with E-state index in [1.807, 2.05) is 24.3 Å². The van der Waals surface area contributed by atoms with E-state index in [0.717, 1.165) is 30.0 Å². The van der Waals surface area contributed by atoms with E-state index in [1.165, 1.54) is 11.1 Å². The number of amides is 1. The maximum absolute atomic E-state index is 12.1. The number of methoxy groups -OCH3 is 1. The van der Waals surface area contributed by atoms with E-state index >= 15 is 0 Å². The minimum atomic E-state index is -0.0665. The van der Waals surface area contributed by atoms with Gasteiger partial charge in [0.1, 0.15) is 5.75 Å². The first-order valence-electron chi connectivity index (χ1n) is 7.96. The molecular formula is C19H24N2O2. The standard InChI is InChI=1S/C19H24N2O2/c1-4-14-7-6-8-15(5-2)19(14)20-13-18(22)21-16-9-11-17(23-3)12-10-16/h6-12,20H,4-5,13H2,1-3H3,(H,21,22). The minimum Gasteiger partial charge on any atom is -0.497 e. The fourth-order valence-corrected chi connectivity index (χ4v) is 2.52. The first-order valence-corrected chi connectivity index (χ1v) is 7.96. The lowest BCUT2D eigenvalue weighted by Crippen LogP contribution is -2.22. The average Bonchev–Trinajstić information content (AvgIpc) is 2.60. The van der Waals surface area contributed by atoms with E-state index in [4.69, 9.17) is 4.74 Å². The molecule has 2 N–H and O–H groups in total. The van der Waals surface area contributed by atoms with E-state index in [-0.39, 0.29) is 12.5 Å². The van der Waals surface area contributed by atoms with Crippen LogP contribution in [-0.2, 0) is 17.6 Å². The highest BCUT2D eigenvalue weighted by atomic mass is 16.5. The summed E-state index contributed by atoms with van der Waals surface area (Å²) in [5, 5.41) is 6.17. The van der Waals surface area contributed by atoms with Crippen LogP contribution >= 0.6 is 0 Å². The number of rotatable bonds is 7. The number of nitrogens with one attached hydrogen (secondary N) is 2. The van der Waals surface area contributed by atoms with Crippen LogP contribution in [0.1, 0.15) is 25.0 Å². The molecule has 2 rings (SSSR count). The summed E-state index contributed by atoms with van der Waals surface area (Å²) in [6.45, 7) is 4.49. The Bertz CT molecular complexity index is 629. The van der Waals surface area contributed by atoms with Crippen molar-refractivity contribution in [2.45, 2.75) is 26.7 Å². The molecule has 0 heterocycles. The van der Waals surface area contributed by atoms with Gasteiger partial charge in [-0.1, -0.05) is 32.0 Å². The molecule has 0 unspecified atom stereocenters. The number of para-hydroxylation sites is 1. The zero-order valence-corrected chi connectivity index (χ0v) is 14.0. The molecule has 0 aliphatic rings. The monoisotopic (exact) mass is 312 g/mol. The molecule has 1 amide bonds. The molecule has 122 valence electrons. The lowest BCUT2D eigenvalue weighted by atomic mass is 10.0. The van der Waals surface area contributed by atoms with Crippen LogP contribution in [0.25, 0.3) is 0 Å². The second-order valence-corrected chi connectivity index (χ2v) is 5.29. The SMILES string of the molecule is CCc1cccc(CC)c1NCC(=O)Nc1ccc(OC)cc1. The van der Waals surface area contributed by atoms with Crippen molar-refractivity contribution in [2.24, 2.45) is 0 Å². The smallest absolute Gasteiger partial charge is 0.243 e. The van der Waals surface area contributed by atoms with Gasteiger partial charge >= 0.3 is 0 Å². The zero-order valence-electron chi connectivity index (χ0n) is 14.0. The summed E-state index contributed by atoms with van der Waals surface area (Å²) in [5.41, 5.74) is 4.32. The van der Waals surface area contributed by atoms with E-state index in [9.17, 15) is 4.79 Å². The summed E-state index contributed by atoms with van der Waals surface area (Å²) < 4.78 is 5.11. The molecule has 0 radical (unpaired) electrons. The van der Waals surface area contributed by atoms with E-state index in [2.05, 4.69) is 42.7 Å². The number of ether oxygens (including phenoxy) is 1. The first kappa shape index (κ1) is 16.9. The minimum absolute atomic E-state index is 0.0665. The summed E-state index contributed by atoms with van der Waals surface area (Å²) in [5.74, 6) is 0.703. The molecule has 0 aliphatic carbocycles. The molecule has 0 aliphatic heterocycles. The molecule has 0 bridgehead atoms. The topological polar surface area (TPSA) is 50.4 Å². The fraction of sp³-hybridized carbons (Fsp3) is 0.316. The Hall–Kier alpha value is -2.49. The first-order chi connectivity index (χ1) is 11.2. The van der Waals surface area contributed by atoms with Crippen molar-refractivity contribution in [2.75, 3.05) is 24.3 Å². The highest BCUT2D eigenvalue weighted by Crippen LogP contribution is 2.22. The molecule has 4 nitrogen and oxygen atoms in total. The Morgan fingerprint density at radius 2 is 1.61 bits per heavy atom. The third-order valence-electron chi connectivity index (χ3n) is 3.80. The van der Waals surface area contributed by atoms with Gasteiger partial charge < -0.3 is 15.4 Å². The predicted octanol–water partition coefficient (Wildman–Crippen LogP) is 3.87. The normalized spacial score (nSPS) is 10.2. The van der Waals surface area contributed by atoms with Gasteiger partial charge in [0.25, 0.3) is 0 Å². The molecule has 0 atom stereocenters.